The molecule has 2 aromatic rings. The van der Waals surface area contributed by atoms with Gasteiger partial charge in [-0.25, -0.2) is 0 Å². The first-order valence-corrected chi connectivity index (χ1v) is 9.09. The van der Waals surface area contributed by atoms with Crippen molar-refractivity contribution in [1.82, 2.24) is 10.4 Å². The van der Waals surface area contributed by atoms with Gasteiger partial charge in [-0.1, -0.05) is 23.9 Å². The summed E-state index contributed by atoms with van der Waals surface area (Å²) in [5.74, 6) is -0.363. The third-order valence-corrected chi connectivity index (χ3v) is 5.06. The number of nitro benzene ring substituents is 1. The van der Waals surface area contributed by atoms with Gasteiger partial charge in [-0.05, 0) is 48.1 Å². The third kappa shape index (κ3) is 4.18. The van der Waals surface area contributed by atoms with Crippen LogP contribution in [0.15, 0.2) is 53.4 Å². The second-order valence-electron chi connectivity index (χ2n) is 5.54. The molecule has 0 saturated carbocycles. The minimum absolute atomic E-state index is 0.135. The highest BCUT2D eigenvalue weighted by Gasteiger charge is 2.33. The van der Waals surface area contributed by atoms with E-state index in [2.05, 4.69) is 5.43 Å². The molecule has 8 nitrogen and oxygen atoms in total. The van der Waals surface area contributed by atoms with Gasteiger partial charge in [0.15, 0.2) is 4.32 Å². The number of amides is 2. The monoisotopic (exact) mass is 415 g/mol. The van der Waals surface area contributed by atoms with E-state index < -0.39 is 16.7 Å². The Morgan fingerprint density at radius 1 is 1.21 bits per heavy atom. The van der Waals surface area contributed by atoms with Gasteiger partial charge in [-0.3, -0.25) is 25.1 Å². The number of nitrogens with zero attached hydrogens (tertiary/aromatic N) is 2. The topological polar surface area (TPSA) is 102 Å². The molecule has 2 amide bonds. The molecule has 1 aliphatic rings. The zero-order chi connectivity index (χ0) is 20.3. The van der Waals surface area contributed by atoms with Crippen LogP contribution in [0, 0.1) is 10.1 Å². The smallest absolute Gasteiger partial charge is 0.285 e. The number of hydrogen-bond acceptors (Lipinski definition) is 7. The van der Waals surface area contributed by atoms with Gasteiger partial charge >= 0.3 is 0 Å². The van der Waals surface area contributed by atoms with Crippen molar-refractivity contribution in [2.24, 2.45) is 0 Å². The largest absolute Gasteiger partial charge is 0.497 e. The molecule has 1 aliphatic heterocycles. The third-order valence-electron chi connectivity index (χ3n) is 3.76. The fraction of sp³-hybridized carbons (Fsp3) is 0.0556. The standard InChI is InChI=1S/C18H13N3O5S2/c1-26-14-8-2-11(3-9-14)10-15-17(23)20(18(27)28-15)19-16(22)12-4-6-13(7-5-12)21(24)25/h2-10H,1H3,(H,19,22). The van der Waals surface area contributed by atoms with E-state index in [1.54, 1.807) is 37.5 Å². The van der Waals surface area contributed by atoms with Gasteiger partial charge in [0.25, 0.3) is 17.5 Å². The first-order valence-electron chi connectivity index (χ1n) is 7.86. The summed E-state index contributed by atoms with van der Waals surface area (Å²) < 4.78 is 5.27. The van der Waals surface area contributed by atoms with E-state index in [0.717, 1.165) is 22.3 Å². The number of hydrazine groups is 1. The minimum Gasteiger partial charge on any atom is -0.497 e. The number of thioether (sulfide) groups is 1. The lowest BCUT2D eigenvalue weighted by Crippen LogP contribution is -2.44. The molecule has 0 atom stereocenters. The maximum absolute atomic E-state index is 12.6. The summed E-state index contributed by atoms with van der Waals surface area (Å²) >= 11 is 6.24. The maximum Gasteiger partial charge on any atom is 0.285 e. The van der Waals surface area contributed by atoms with E-state index in [9.17, 15) is 19.7 Å². The number of ether oxygens (including phenoxy) is 1. The number of hydrogen-bond donors (Lipinski definition) is 1. The van der Waals surface area contributed by atoms with Crippen molar-refractivity contribution in [3.8, 4) is 5.75 Å². The molecule has 1 fully saturated rings. The zero-order valence-electron chi connectivity index (χ0n) is 14.4. The molecular formula is C18H13N3O5S2. The number of non-ortho nitro benzene ring substituents is 1. The molecular weight excluding hydrogens is 402 g/mol. The van der Waals surface area contributed by atoms with Crippen molar-refractivity contribution in [2.45, 2.75) is 0 Å². The fourth-order valence-electron chi connectivity index (χ4n) is 2.32. The normalized spacial score (nSPS) is 15.0. The first kappa shape index (κ1) is 19.5. The number of carbonyl (C=O) groups excluding carboxylic acids is 2. The molecule has 1 N–H and O–H groups in total. The summed E-state index contributed by atoms with van der Waals surface area (Å²) in [5, 5.41) is 11.7. The lowest BCUT2D eigenvalue weighted by Gasteiger charge is -2.15. The number of benzene rings is 2. The van der Waals surface area contributed by atoms with Gasteiger partial charge in [0.1, 0.15) is 5.75 Å². The second kappa shape index (κ2) is 8.19. The molecule has 0 bridgehead atoms. The summed E-state index contributed by atoms with van der Waals surface area (Å²) in [6.45, 7) is 0. The van der Waals surface area contributed by atoms with Crippen molar-refractivity contribution in [3.63, 3.8) is 0 Å². The molecule has 0 aromatic heterocycles. The van der Waals surface area contributed by atoms with Crippen LogP contribution in [-0.4, -0.2) is 33.2 Å². The minimum atomic E-state index is -0.600. The van der Waals surface area contributed by atoms with Gasteiger partial charge < -0.3 is 4.74 Å². The van der Waals surface area contributed by atoms with Crippen molar-refractivity contribution < 1.29 is 19.2 Å². The van der Waals surface area contributed by atoms with Crippen LogP contribution < -0.4 is 10.2 Å². The molecule has 142 valence electrons. The van der Waals surface area contributed by atoms with E-state index >= 15 is 0 Å². The van der Waals surface area contributed by atoms with Crippen LogP contribution in [0.3, 0.4) is 0 Å². The van der Waals surface area contributed by atoms with E-state index in [0.29, 0.717) is 10.7 Å². The lowest BCUT2D eigenvalue weighted by atomic mass is 10.2. The van der Waals surface area contributed by atoms with E-state index in [-0.39, 0.29) is 15.6 Å². The van der Waals surface area contributed by atoms with Crippen molar-refractivity contribution in [2.75, 3.05) is 7.11 Å². The van der Waals surface area contributed by atoms with Crippen molar-refractivity contribution in [3.05, 3.63) is 74.7 Å². The van der Waals surface area contributed by atoms with Gasteiger partial charge in [-0.2, -0.15) is 5.01 Å². The van der Waals surface area contributed by atoms with Crippen LogP contribution in [0.4, 0.5) is 5.69 Å². The molecule has 0 unspecified atom stereocenters. The Morgan fingerprint density at radius 3 is 2.43 bits per heavy atom. The highest BCUT2D eigenvalue weighted by atomic mass is 32.2. The van der Waals surface area contributed by atoms with Crippen LogP contribution in [0.1, 0.15) is 15.9 Å². The summed E-state index contributed by atoms with van der Waals surface area (Å²) in [4.78, 5) is 35.4. The quantitative estimate of drug-likeness (QED) is 0.346. The van der Waals surface area contributed by atoms with Crippen LogP contribution in [0.5, 0.6) is 5.75 Å². The molecule has 0 spiro atoms. The maximum atomic E-state index is 12.6. The Balaban J connectivity index is 1.73. The Hall–Kier alpha value is -3.24. The average molecular weight is 415 g/mol. The molecule has 10 heteroatoms. The number of carbonyl (C=O) groups is 2. The zero-order valence-corrected chi connectivity index (χ0v) is 16.1. The summed E-state index contributed by atoms with van der Waals surface area (Å²) in [5.41, 5.74) is 3.24. The Morgan fingerprint density at radius 2 is 1.86 bits per heavy atom. The lowest BCUT2D eigenvalue weighted by molar-refractivity contribution is -0.384. The second-order valence-corrected chi connectivity index (χ2v) is 7.21. The summed E-state index contributed by atoms with van der Waals surface area (Å²) in [6, 6.07) is 12.1. The number of rotatable bonds is 5. The number of methoxy groups -OCH3 is 1. The van der Waals surface area contributed by atoms with Crippen molar-refractivity contribution >= 4 is 51.9 Å². The fourth-order valence-corrected chi connectivity index (χ4v) is 3.50. The Kier molecular flexibility index (Phi) is 5.71. The SMILES string of the molecule is COc1ccc(C=C2SC(=S)N(NC(=O)c3ccc([N+](=O)[O-])cc3)C2=O)cc1. The number of thiocarbonyl (C=S) groups is 1. The molecule has 28 heavy (non-hydrogen) atoms. The Bertz CT molecular complexity index is 987. The summed E-state index contributed by atoms with van der Waals surface area (Å²) in [6.07, 6.45) is 1.66. The number of nitrogens with one attached hydrogen (secondary N) is 1. The Labute approximate surface area is 169 Å². The van der Waals surface area contributed by atoms with Gasteiger partial charge in [-0.15, -0.1) is 0 Å². The molecule has 3 rings (SSSR count). The van der Waals surface area contributed by atoms with E-state index in [1.807, 2.05) is 0 Å². The molecule has 1 heterocycles. The first-order chi connectivity index (χ1) is 13.4. The van der Waals surface area contributed by atoms with Gasteiger partial charge in [0, 0.05) is 17.7 Å². The van der Waals surface area contributed by atoms with Crippen LogP contribution in [0.2, 0.25) is 0 Å². The van der Waals surface area contributed by atoms with Crippen LogP contribution in [0.25, 0.3) is 6.08 Å². The summed E-state index contributed by atoms with van der Waals surface area (Å²) in [7, 11) is 1.56. The van der Waals surface area contributed by atoms with Crippen molar-refractivity contribution in [1.29, 1.82) is 0 Å². The number of nitro groups is 1. The van der Waals surface area contributed by atoms with Crippen LogP contribution >= 0.6 is 24.0 Å². The highest BCUT2D eigenvalue weighted by Crippen LogP contribution is 2.31. The van der Waals surface area contributed by atoms with E-state index in [1.165, 1.54) is 24.3 Å². The van der Waals surface area contributed by atoms with Gasteiger partial charge in [0.2, 0.25) is 0 Å². The average Bonchev–Trinajstić information content (AvgIpc) is 2.96. The predicted octanol–water partition coefficient (Wildman–Crippen LogP) is 3.15. The highest BCUT2D eigenvalue weighted by molar-refractivity contribution is 8.26. The molecule has 2 aromatic carbocycles. The van der Waals surface area contributed by atoms with Crippen LogP contribution in [-0.2, 0) is 4.79 Å². The molecule has 0 aliphatic carbocycles. The van der Waals surface area contributed by atoms with E-state index in [4.69, 9.17) is 17.0 Å². The predicted molar refractivity (Wildman–Crippen MR) is 109 cm³/mol. The van der Waals surface area contributed by atoms with Gasteiger partial charge in [0.05, 0.1) is 16.9 Å². The molecule has 1 saturated heterocycles. The molecule has 0 radical (unpaired) electrons.